The van der Waals surface area contributed by atoms with Crippen molar-refractivity contribution in [3.63, 3.8) is 0 Å². The van der Waals surface area contributed by atoms with E-state index in [0.717, 1.165) is 30.2 Å². The summed E-state index contributed by atoms with van der Waals surface area (Å²) in [4.78, 5) is 15.7. The number of esters is 1. The molecular formula is C15H15NO2. The number of hydrogen-bond donors (Lipinski definition) is 0. The summed E-state index contributed by atoms with van der Waals surface area (Å²) in [7, 11) is 0. The topological polar surface area (TPSA) is 39.2 Å². The largest absolute Gasteiger partial charge is 0.465 e. The standard InChI is InChI=1S/C15H15NO2/c17-15(12-6-7-12)18-10-8-11-3-1-5-14-13(11)4-2-9-16-14/h1-5,9,12H,6-8,10H2. The Kier molecular flexibility index (Phi) is 2.97. The number of fused-ring (bicyclic) bond motifs is 1. The van der Waals surface area contributed by atoms with Gasteiger partial charge in [0.25, 0.3) is 0 Å². The Morgan fingerprint density at radius 3 is 3.00 bits per heavy atom. The predicted molar refractivity (Wildman–Crippen MR) is 69.1 cm³/mol. The molecule has 1 fully saturated rings. The number of pyridine rings is 1. The highest BCUT2D eigenvalue weighted by molar-refractivity contribution is 5.82. The highest BCUT2D eigenvalue weighted by atomic mass is 16.5. The number of rotatable bonds is 4. The van der Waals surface area contributed by atoms with Crippen molar-refractivity contribution in [2.24, 2.45) is 5.92 Å². The van der Waals surface area contributed by atoms with Crippen molar-refractivity contribution < 1.29 is 9.53 Å². The molecule has 1 saturated carbocycles. The van der Waals surface area contributed by atoms with Gasteiger partial charge in [0.15, 0.2) is 0 Å². The van der Waals surface area contributed by atoms with Gasteiger partial charge in [0.05, 0.1) is 18.0 Å². The van der Waals surface area contributed by atoms with Crippen LogP contribution in [0.4, 0.5) is 0 Å². The molecule has 0 spiro atoms. The second-order valence-electron chi connectivity index (χ2n) is 4.68. The van der Waals surface area contributed by atoms with Gasteiger partial charge in [-0.2, -0.15) is 0 Å². The molecule has 1 aliphatic rings. The van der Waals surface area contributed by atoms with Gasteiger partial charge in [0.2, 0.25) is 0 Å². The third-order valence-electron chi connectivity index (χ3n) is 3.26. The minimum absolute atomic E-state index is 0.0339. The molecule has 0 amide bonds. The molecule has 0 unspecified atom stereocenters. The molecule has 0 N–H and O–H groups in total. The third-order valence-corrected chi connectivity index (χ3v) is 3.26. The van der Waals surface area contributed by atoms with Gasteiger partial charge in [-0.1, -0.05) is 18.2 Å². The lowest BCUT2D eigenvalue weighted by atomic mass is 10.1. The molecule has 0 radical (unpaired) electrons. The van der Waals surface area contributed by atoms with Crippen LogP contribution in [0.15, 0.2) is 36.5 Å². The maximum absolute atomic E-state index is 11.4. The number of carbonyl (C=O) groups is 1. The highest BCUT2D eigenvalue weighted by Gasteiger charge is 2.30. The lowest BCUT2D eigenvalue weighted by molar-refractivity contribution is -0.145. The fourth-order valence-electron chi connectivity index (χ4n) is 2.08. The highest BCUT2D eigenvalue weighted by Crippen LogP contribution is 2.30. The second kappa shape index (κ2) is 4.77. The maximum Gasteiger partial charge on any atom is 0.308 e. The molecule has 1 heterocycles. The predicted octanol–water partition coefficient (Wildman–Crippen LogP) is 2.73. The quantitative estimate of drug-likeness (QED) is 0.773. The summed E-state index contributed by atoms with van der Waals surface area (Å²) < 4.78 is 5.26. The lowest BCUT2D eigenvalue weighted by Gasteiger charge is -2.06. The second-order valence-corrected chi connectivity index (χ2v) is 4.68. The third kappa shape index (κ3) is 2.35. The fourth-order valence-corrected chi connectivity index (χ4v) is 2.08. The van der Waals surface area contributed by atoms with E-state index in [-0.39, 0.29) is 11.9 Å². The first-order valence-corrected chi connectivity index (χ1v) is 6.34. The minimum Gasteiger partial charge on any atom is -0.465 e. The number of carbonyl (C=O) groups excluding carboxylic acids is 1. The van der Waals surface area contributed by atoms with E-state index in [1.165, 1.54) is 5.56 Å². The van der Waals surface area contributed by atoms with Crippen molar-refractivity contribution in [1.29, 1.82) is 0 Å². The molecule has 0 atom stereocenters. The molecule has 18 heavy (non-hydrogen) atoms. The van der Waals surface area contributed by atoms with Crippen LogP contribution in [-0.2, 0) is 16.0 Å². The Balaban J connectivity index is 1.68. The van der Waals surface area contributed by atoms with Crippen LogP contribution in [0.5, 0.6) is 0 Å². The van der Waals surface area contributed by atoms with Gasteiger partial charge in [-0.05, 0) is 30.5 Å². The number of aromatic nitrogens is 1. The summed E-state index contributed by atoms with van der Waals surface area (Å²) in [5.41, 5.74) is 2.17. The van der Waals surface area contributed by atoms with Crippen LogP contribution >= 0.6 is 0 Å². The first-order valence-electron chi connectivity index (χ1n) is 6.34. The van der Waals surface area contributed by atoms with Gasteiger partial charge in [-0.15, -0.1) is 0 Å². The lowest BCUT2D eigenvalue weighted by Crippen LogP contribution is -2.09. The van der Waals surface area contributed by atoms with Crippen molar-refractivity contribution in [3.8, 4) is 0 Å². The summed E-state index contributed by atoms with van der Waals surface area (Å²) >= 11 is 0. The van der Waals surface area contributed by atoms with Crippen molar-refractivity contribution in [2.45, 2.75) is 19.3 Å². The molecule has 2 aromatic rings. The van der Waals surface area contributed by atoms with Crippen LogP contribution in [0, 0.1) is 5.92 Å². The summed E-state index contributed by atoms with van der Waals surface area (Å²) in [5.74, 6) is 0.146. The summed E-state index contributed by atoms with van der Waals surface area (Å²) in [6.07, 6.45) is 4.54. The van der Waals surface area contributed by atoms with Crippen LogP contribution in [-0.4, -0.2) is 17.6 Å². The maximum atomic E-state index is 11.4. The van der Waals surface area contributed by atoms with Crippen LogP contribution < -0.4 is 0 Å². The fraction of sp³-hybridized carbons (Fsp3) is 0.333. The van der Waals surface area contributed by atoms with Gasteiger partial charge in [-0.25, -0.2) is 0 Å². The molecule has 1 aromatic carbocycles. The number of ether oxygens (including phenoxy) is 1. The smallest absolute Gasteiger partial charge is 0.308 e. The Labute approximate surface area is 106 Å². The molecule has 0 aliphatic heterocycles. The number of nitrogens with zero attached hydrogens (tertiary/aromatic N) is 1. The zero-order chi connectivity index (χ0) is 12.4. The summed E-state index contributed by atoms with van der Waals surface area (Å²) in [5, 5.41) is 1.14. The van der Waals surface area contributed by atoms with Crippen molar-refractivity contribution in [2.75, 3.05) is 6.61 Å². The normalized spacial score (nSPS) is 14.7. The zero-order valence-electron chi connectivity index (χ0n) is 10.1. The Bertz CT molecular complexity index is 570. The van der Waals surface area contributed by atoms with Gasteiger partial charge in [0.1, 0.15) is 0 Å². The van der Waals surface area contributed by atoms with Crippen LogP contribution in [0.25, 0.3) is 10.9 Å². The van der Waals surface area contributed by atoms with E-state index < -0.39 is 0 Å². The zero-order valence-corrected chi connectivity index (χ0v) is 10.1. The van der Waals surface area contributed by atoms with Gasteiger partial charge >= 0.3 is 5.97 Å². The monoisotopic (exact) mass is 241 g/mol. The molecule has 3 heteroatoms. The Hall–Kier alpha value is -1.90. The summed E-state index contributed by atoms with van der Waals surface area (Å²) in [6, 6.07) is 10.0. The average molecular weight is 241 g/mol. The molecular weight excluding hydrogens is 226 g/mol. The van der Waals surface area contributed by atoms with E-state index in [1.807, 2.05) is 18.2 Å². The van der Waals surface area contributed by atoms with E-state index in [9.17, 15) is 4.79 Å². The van der Waals surface area contributed by atoms with E-state index in [0.29, 0.717) is 6.61 Å². The van der Waals surface area contributed by atoms with E-state index in [4.69, 9.17) is 4.74 Å². The Morgan fingerprint density at radius 2 is 2.17 bits per heavy atom. The van der Waals surface area contributed by atoms with Crippen LogP contribution in [0.2, 0.25) is 0 Å². The molecule has 0 saturated heterocycles. The molecule has 92 valence electrons. The van der Waals surface area contributed by atoms with Crippen LogP contribution in [0.3, 0.4) is 0 Å². The Morgan fingerprint density at radius 1 is 1.28 bits per heavy atom. The van der Waals surface area contributed by atoms with E-state index >= 15 is 0 Å². The van der Waals surface area contributed by atoms with Crippen LogP contribution in [0.1, 0.15) is 18.4 Å². The van der Waals surface area contributed by atoms with Gasteiger partial charge in [-0.3, -0.25) is 9.78 Å². The molecule has 3 rings (SSSR count). The molecule has 1 aliphatic carbocycles. The minimum atomic E-state index is -0.0339. The van der Waals surface area contributed by atoms with E-state index in [1.54, 1.807) is 6.20 Å². The first-order chi connectivity index (χ1) is 8.84. The van der Waals surface area contributed by atoms with Crippen molar-refractivity contribution in [3.05, 3.63) is 42.1 Å². The van der Waals surface area contributed by atoms with Gasteiger partial charge < -0.3 is 4.74 Å². The van der Waals surface area contributed by atoms with E-state index in [2.05, 4.69) is 17.1 Å². The summed E-state index contributed by atoms with van der Waals surface area (Å²) in [6.45, 7) is 0.462. The SMILES string of the molecule is O=C(OCCc1cccc2ncccc12)C1CC1. The van der Waals surface area contributed by atoms with Crippen molar-refractivity contribution in [1.82, 2.24) is 4.98 Å². The van der Waals surface area contributed by atoms with Gasteiger partial charge in [0, 0.05) is 18.0 Å². The molecule has 0 bridgehead atoms. The van der Waals surface area contributed by atoms with Crippen molar-refractivity contribution >= 4 is 16.9 Å². The molecule has 3 nitrogen and oxygen atoms in total. The number of benzene rings is 1. The first kappa shape index (κ1) is 11.2. The average Bonchev–Trinajstić information content (AvgIpc) is 3.23. The molecule has 1 aromatic heterocycles. The number of hydrogen-bond acceptors (Lipinski definition) is 3.